The zero-order chi connectivity index (χ0) is 25.3. The molecule has 0 bridgehead atoms. The molecule has 3 aromatic carbocycles. The Morgan fingerprint density at radius 3 is 2.47 bits per heavy atom. The quantitative estimate of drug-likeness (QED) is 0.430. The van der Waals surface area contributed by atoms with Crippen LogP contribution in [0, 0.1) is 0 Å². The Kier molecular flexibility index (Phi) is 9.01. The number of hydrogen-bond donors (Lipinski definition) is 0. The molecule has 0 saturated carbocycles. The molecule has 3 aromatic rings. The fourth-order valence-electron chi connectivity index (χ4n) is 4.67. The number of nitrogens with zero attached hydrogens (tertiary/aromatic N) is 2. The van der Waals surface area contributed by atoms with Gasteiger partial charge in [-0.05, 0) is 68.5 Å². The van der Waals surface area contributed by atoms with Crippen LogP contribution >= 0.6 is 11.6 Å². The standard InChI is InChI=1S/C30H33ClN2O3/c1-2-32-18-9-4-10-19-33(29(34)24-14-11-15-25(31)21-24)26(20-23-12-5-3-6-13-23)22-36-28-17-8-7-16-27(28)30(32)35/h3,5-8,11-17,21,26H,2,4,9-10,18-20,22H2,1H3/t26-/m1/s1. The van der Waals surface area contributed by atoms with Gasteiger partial charge in [-0.15, -0.1) is 0 Å². The number of hydrogen-bond acceptors (Lipinski definition) is 3. The van der Waals surface area contributed by atoms with Crippen LogP contribution in [0.5, 0.6) is 5.75 Å². The summed E-state index contributed by atoms with van der Waals surface area (Å²) in [6.45, 7) is 4.20. The van der Waals surface area contributed by atoms with Gasteiger partial charge >= 0.3 is 0 Å². The lowest BCUT2D eigenvalue weighted by Crippen LogP contribution is -2.45. The highest BCUT2D eigenvalue weighted by Crippen LogP contribution is 2.24. The maximum absolute atomic E-state index is 13.8. The Morgan fingerprint density at radius 1 is 0.944 bits per heavy atom. The SMILES string of the molecule is CCN1CCCCCN(C(=O)c2cccc(Cl)c2)[C@H](Cc2ccccc2)COc2ccccc2C1=O. The van der Waals surface area contributed by atoms with E-state index in [1.165, 1.54) is 0 Å². The Bertz CT molecular complexity index is 1170. The van der Waals surface area contributed by atoms with Gasteiger partial charge in [0.2, 0.25) is 0 Å². The van der Waals surface area contributed by atoms with Gasteiger partial charge < -0.3 is 14.5 Å². The van der Waals surface area contributed by atoms with Crippen LogP contribution in [0.4, 0.5) is 0 Å². The molecule has 4 rings (SSSR count). The fourth-order valence-corrected chi connectivity index (χ4v) is 4.86. The predicted octanol–water partition coefficient (Wildman–Crippen LogP) is 6.12. The molecule has 5 nitrogen and oxygen atoms in total. The van der Waals surface area contributed by atoms with Crippen LogP contribution in [0.1, 0.15) is 52.5 Å². The van der Waals surface area contributed by atoms with Crippen LogP contribution in [-0.4, -0.2) is 53.9 Å². The topological polar surface area (TPSA) is 49.9 Å². The van der Waals surface area contributed by atoms with Crippen LogP contribution in [0.3, 0.4) is 0 Å². The Balaban J connectivity index is 1.70. The monoisotopic (exact) mass is 504 g/mol. The van der Waals surface area contributed by atoms with E-state index in [4.69, 9.17) is 16.3 Å². The minimum atomic E-state index is -0.218. The number of benzene rings is 3. The first-order valence-corrected chi connectivity index (χ1v) is 13.1. The molecule has 1 aliphatic heterocycles. The maximum Gasteiger partial charge on any atom is 0.257 e. The molecule has 0 aromatic heterocycles. The lowest BCUT2D eigenvalue weighted by molar-refractivity contribution is 0.0605. The van der Waals surface area contributed by atoms with Crippen molar-refractivity contribution in [1.82, 2.24) is 9.80 Å². The molecule has 1 atom stereocenters. The highest BCUT2D eigenvalue weighted by Gasteiger charge is 2.27. The normalized spacial score (nSPS) is 17.3. The van der Waals surface area contributed by atoms with E-state index in [1.807, 2.05) is 65.3 Å². The van der Waals surface area contributed by atoms with Crippen LogP contribution in [0.2, 0.25) is 5.02 Å². The number of para-hydroxylation sites is 1. The summed E-state index contributed by atoms with van der Waals surface area (Å²) < 4.78 is 6.32. The third-order valence-corrected chi connectivity index (χ3v) is 6.87. The second kappa shape index (κ2) is 12.6. The van der Waals surface area contributed by atoms with Crippen molar-refractivity contribution in [2.45, 2.75) is 38.6 Å². The van der Waals surface area contributed by atoms with Gasteiger partial charge in [0.15, 0.2) is 0 Å². The average Bonchev–Trinajstić information content (AvgIpc) is 2.91. The lowest BCUT2D eigenvalue weighted by atomic mass is 10.0. The summed E-state index contributed by atoms with van der Waals surface area (Å²) in [5, 5.41) is 0.537. The van der Waals surface area contributed by atoms with E-state index in [0.717, 1.165) is 24.8 Å². The molecule has 6 heteroatoms. The van der Waals surface area contributed by atoms with E-state index >= 15 is 0 Å². The highest BCUT2D eigenvalue weighted by molar-refractivity contribution is 6.30. The first kappa shape index (κ1) is 25.8. The van der Waals surface area contributed by atoms with Gasteiger partial charge in [0, 0.05) is 30.2 Å². The third kappa shape index (κ3) is 6.46. The molecule has 0 N–H and O–H groups in total. The van der Waals surface area contributed by atoms with Crippen LogP contribution in [0.15, 0.2) is 78.9 Å². The first-order chi connectivity index (χ1) is 17.6. The van der Waals surface area contributed by atoms with E-state index in [9.17, 15) is 9.59 Å². The van der Waals surface area contributed by atoms with Gasteiger partial charge in [0.25, 0.3) is 11.8 Å². The molecule has 0 unspecified atom stereocenters. The van der Waals surface area contributed by atoms with E-state index in [0.29, 0.717) is 48.0 Å². The van der Waals surface area contributed by atoms with E-state index in [-0.39, 0.29) is 24.5 Å². The number of halogens is 1. The zero-order valence-corrected chi connectivity index (χ0v) is 21.5. The number of fused-ring (bicyclic) bond motifs is 1. The molecule has 0 radical (unpaired) electrons. The number of carbonyl (C=O) groups is 2. The van der Waals surface area contributed by atoms with Crippen molar-refractivity contribution in [1.29, 1.82) is 0 Å². The summed E-state index contributed by atoms with van der Waals surface area (Å²) >= 11 is 6.22. The number of carbonyl (C=O) groups excluding carboxylic acids is 2. The second-order valence-corrected chi connectivity index (χ2v) is 9.54. The summed E-state index contributed by atoms with van der Waals surface area (Å²) in [5.74, 6) is 0.476. The number of rotatable bonds is 4. The van der Waals surface area contributed by atoms with Gasteiger partial charge in [-0.1, -0.05) is 60.1 Å². The van der Waals surface area contributed by atoms with Gasteiger partial charge in [-0.2, -0.15) is 0 Å². The molecular weight excluding hydrogens is 472 g/mol. The van der Waals surface area contributed by atoms with Crippen molar-refractivity contribution in [3.8, 4) is 5.75 Å². The van der Waals surface area contributed by atoms with Gasteiger partial charge in [0.05, 0.1) is 11.6 Å². The van der Waals surface area contributed by atoms with Crippen molar-refractivity contribution in [3.63, 3.8) is 0 Å². The van der Waals surface area contributed by atoms with Crippen molar-refractivity contribution < 1.29 is 14.3 Å². The summed E-state index contributed by atoms with van der Waals surface area (Å²) in [6.07, 6.45) is 3.29. The van der Waals surface area contributed by atoms with Crippen molar-refractivity contribution in [2.24, 2.45) is 0 Å². The molecule has 0 fully saturated rings. The predicted molar refractivity (Wildman–Crippen MR) is 144 cm³/mol. The molecule has 0 saturated heterocycles. The fraction of sp³-hybridized carbons (Fsp3) is 0.333. The molecule has 1 aliphatic rings. The minimum Gasteiger partial charge on any atom is -0.491 e. The summed E-state index contributed by atoms with van der Waals surface area (Å²) in [4.78, 5) is 30.9. The Labute approximate surface area is 218 Å². The Hall–Kier alpha value is -3.31. The third-order valence-electron chi connectivity index (χ3n) is 6.63. The van der Waals surface area contributed by atoms with Gasteiger partial charge in [-0.25, -0.2) is 0 Å². The lowest BCUT2D eigenvalue weighted by Gasteiger charge is -2.32. The molecule has 0 spiro atoms. The molecular formula is C30H33ClN2O3. The summed E-state index contributed by atoms with van der Waals surface area (Å²) in [5.41, 5.74) is 2.25. The molecule has 188 valence electrons. The molecule has 2 amide bonds. The highest BCUT2D eigenvalue weighted by atomic mass is 35.5. The Morgan fingerprint density at radius 2 is 1.69 bits per heavy atom. The largest absolute Gasteiger partial charge is 0.491 e. The minimum absolute atomic E-state index is 0.0150. The first-order valence-electron chi connectivity index (χ1n) is 12.7. The zero-order valence-electron chi connectivity index (χ0n) is 20.7. The number of ether oxygens (including phenoxy) is 1. The summed E-state index contributed by atoms with van der Waals surface area (Å²) in [6, 6.07) is 24.4. The average molecular weight is 505 g/mol. The summed E-state index contributed by atoms with van der Waals surface area (Å²) in [7, 11) is 0. The van der Waals surface area contributed by atoms with E-state index < -0.39 is 0 Å². The number of amides is 2. The van der Waals surface area contributed by atoms with Crippen molar-refractivity contribution >= 4 is 23.4 Å². The molecule has 1 heterocycles. The van der Waals surface area contributed by atoms with E-state index in [2.05, 4.69) is 12.1 Å². The van der Waals surface area contributed by atoms with Crippen LogP contribution < -0.4 is 4.74 Å². The smallest absolute Gasteiger partial charge is 0.257 e. The van der Waals surface area contributed by atoms with E-state index in [1.54, 1.807) is 18.2 Å². The second-order valence-electron chi connectivity index (χ2n) is 9.11. The van der Waals surface area contributed by atoms with Gasteiger partial charge in [0.1, 0.15) is 12.4 Å². The van der Waals surface area contributed by atoms with Crippen LogP contribution in [-0.2, 0) is 6.42 Å². The van der Waals surface area contributed by atoms with Crippen molar-refractivity contribution in [3.05, 3.63) is 101 Å². The molecule has 36 heavy (non-hydrogen) atoms. The van der Waals surface area contributed by atoms with Crippen molar-refractivity contribution in [2.75, 3.05) is 26.2 Å². The molecule has 0 aliphatic carbocycles. The van der Waals surface area contributed by atoms with Crippen LogP contribution in [0.25, 0.3) is 0 Å². The van der Waals surface area contributed by atoms with Gasteiger partial charge in [-0.3, -0.25) is 9.59 Å². The maximum atomic E-state index is 13.8.